The second kappa shape index (κ2) is 4.42. The molecule has 0 aliphatic carbocycles. The molecule has 0 heterocycles. The normalized spacial score (nSPS) is 10.2. The van der Waals surface area contributed by atoms with Crippen LogP contribution in [0.1, 0.15) is 12.5 Å². The molecular weight excluding hydrogens is 212 g/mol. The number of aryl methyl sites for hydroxylation is 1. The van der Waals surface area contributed by atoms with Crippen LogP contribution >= 0.6 is 0 Å². The number of ether oxygens (including phenoxy) is 1. The summed E-state index contributed by atoms with van der Waals surface area (Å²) in [6.45, 7) is 7.24. The van der Waals surface area contributed by atoms with Crippen LogP contribution in [0, 0.1) is 6.92 Å². The van der Waals surface area contributed by atoms with Crippen molar-refractivity contribution in [1.82, 2.24) is 0 Å². The highest BCUT2D eigenvalue weighted by Crippen LogP contribution is 2.26. The lowest BCUT2D eigenvalue weighted by molar-refractivity contribution is -0.129. The molecule has 86 valence electrons. The monoisotopic (exact) mass is 226 g/mol. The summed E-state index contributed by atoms with van der Waals surface area (Å²) in [6, 6.07) is 11.7. The van der Waals surface area contributed by atoms with Crippen LogP contribution in [0.25, 0.3) is 10.8 Å². The zero-order valence-electron chi connectivity index (χ0n) is 9.99. The first kappa shape index (κ1) is 11.4. The van der Waals surface area contributed by atoms with E-state index in [1.165, 1.54) is 5.56 Å². The Labute approximate surface area is 101 Å². The minimum Gasteiger partial charge on any atom is -0.423 e. The summed E-state index contributed by atoms with van der Waals surface area (Å²) in [5.41, 5.74) is 1.58. The average molecular weight is 226 g/mol. The Morgan fingerprint density at radius 2 is 2.00 bits per heavy atom. The van der Waals surface area contributed by atoms with E-state index in [-0.39, 0.29) is 0 Å². The van der Waals surface area contributed by atoms with Crippen LogP contribution in [-0.4, -0.2) is 5.97 Å². The van der Waals surface area contributed by atoms with E-state index in [1.54, 1.807) is 13.0 Å². The van der Waals surface area contributed by atoms with Crippen molar-refractivity contribution in [2.24, 2.45) is 0 Å². The first-order chi connectivity index (χ1) is 8.08. The van der Waals surface area contributed by atoms with Crippen molar-refractivity contribution in [2.75, 3.05) is 0 Å². The van der Waals surface area contributed by atoms with Gasteiger partial charge in [0.25, 0.3) is 0 Å². The molecule has 0 fully saturated rings. The lowest BCUT2D eigenvalue weighted by Gasteiger charge is -2.07. The van der Waals surface area contributed by atoms with Crippen molar-refractivity contribution < 1.29 is 9.53 Å². The maximum atomic E-state index is 11.5. The molecule has 2 rings (SSSR count). The maximum absolute atomic E-state index is 11.5. The van der Waals surface area contributed by atoms with Gasteiger partial charge in [-0.3, -0.25) is 0 Å². The van der Waals surface area contributed by atoms with Gasteiger partial charge in [-0.2, -0.15) is 0 Å². The fourth-order valence-corrected chi connectivity index (χ4v) is 1.65. The highest BCUT2D eigenvalue weighted by atomic mass is 16.5. The van der Waals surface area contributed by atoms with E-state index in [1.807, 2.05) is 31.2 Å². The first-order valence-electron chi connectivity index (χ1n) is 5.45. The molecule has 0 saturated carbocycles. The van der Waals surface area contributed by atoms with Crippen LogP contribution in [0.3, 0.4) is 0 Å². The summed E-state index contributed by atoms with van der Waals surface area (Å²) in [6.07, 6.45) is 0. The van der Waals surface area contributed by atoms with Gasteiger partial charge in [0.15, 0.2) is 0 Å². The zero-order valence-corrected chi connectivity index (χ0v) is 9.99. The summed E-state index contributed by atoms with van der Waals surface area (Å²) in [4.78, 5) is 11.5. The van der Waals surface area contributed by atoms with E-state index in [0.717, 1.165) is 10.8 Å². The van der Waals surface area contributed by atoms with Gasteiger partial charge in [0.2, 0.25) is 0 Å². The lowest BCUT2D eigenvalue weighted by atomic mass is 10.1. The van der Waals surface area contributed by atoms with Gasteiger partial charge in [-0.1, -0.05) is 42.5 Å². The number of benzene rings is 2. The van der Waals surface area contributed by atoms with E-state index in [4.69, 9.17) is 4.74 Å². The first-order valence-corrected chi connectivity index (χ1v) is 5.45. The number of fused-ring (bicyclic) bond motifs is 1. The van der Waals surface area contributed by atoms with Gasteiger partial charge in [-0.25, -0.2) is 4.79 Å². The molecule has 0 N–H and O–H groups in total. The number of carbonyl (C=O) groups excluding carboxylic acids is 1. The average Bonchev–Trinajstić information content (AvgIpc) is 2.28. The van der Waals surface area contributed by atoms with Crippen molar-refractivity contribution >= 4 is 16.7 Å². The second-order valence-electron chi connectivity index (χ2n) is 4.15. The number of esters is 1. The Kier molecular flexibility index (Phi) is 2.96. The molecule has 0 spiro atoms. The lowest BCUT2D eigenvalue weighted by Crippen LogP contribution is -2.08. The molecule has 0 aliphatic heterocycles. The van der Waals surface area contributed by atoms with Gasteiger partial charge < -0.3 is 4.74 Å². The standard InChI is InChI=1S/C15H14O2/c1-10(2)15(16)17-14-6-4-5-12-9-11(3)7-8-13(12)14/h4-9H,1H2,2-3H3. The number of carbonyl (C=O) groups is 1. The number of hydrogen-bond acceptors (Lipinski definition) is 2. The minimum atomic E-state index is -0.391. The number of hydrogen-bond donors (Lipinski definition) is 0. The van der Waals surface area contributed by atoms with E-state index in [9.17, 15) is 4.79 Å². The van der Waals surface area contributed by atoms with Gasteiger partial charge in [-0.05, 0) is 25.3 Å². The number of rotatable bonds is 2. The topological polar surface area (TPSA) is 26.3 Å². The van der Waals surface area contributed by atoms with Gasteiger partial charge >= 0.3 is 5.97 Å². The third kappa shape index (κ3) is 2.36. The van der Waals surface area contributed by atoms with Crippen LogP contribution < -0.4 is 4.74 Å². The largest absolute Gasteiger partial charge is 0.423 e. The molecule has 17 heavy (non-hydrogen) atoms. The summed E-state index contributed by atoms with van der Waals surface area (Å²) >= 11 is 0. The fourth-order valence-electron chi connectivity index (χ4n) is 1.65. The molecule has 0 unspecified atom stereocenters. The van der Waals surface area contributed by atoms with Crippen molar-refractivity contribution in [3.63, 3.8) is 0 Å². The molecule has 0 radical (unpaired) electrons. The molecule has 0 aromatic heterocycles. The van der Waals surface area contributed by atoms with Crippen LogP contribution in [0.15, 0.2) is 48.6 Å². The Morgan fingerprint density at radius 3 is 2.71 bits per heavy atom. The predicted molar refractivity (Wildman–Crippen MR) is 69.1 cm³/mol. The Morgan fingerprint density at radius 1 is 1.24 bits per heavy atom. The molecule has 0 aliphatic rings. The van der Waals surface area contributed by atoms with Gasteiger partial charge in [0, 0.05) is 11.0 Å². The van der Waals surface area contributed by atoms with Crippen LogP contribution in [0.4, 0.5) is 0 Å². The van der Waals surface area contributed by atoms with Gasteiger partial charge in [-0.15, -0.1) is 0 Å². The third-order valence-electron chi connectivity index (χ3n) is 2.55. The van der Waals surface area contributed by atoms with E-state index in [2.05, 4.69) is 12.6 Å². The van der Waals surface area contributed by atoms with E-state index < -0.39 is 5.97 Å². The maximum Gasteiger partial charge on any atom is 0.338 e. The van der Waals surface area contributed by atoms with Crippen molar-refractivity contribution in [1.29, 1.82) is 0 Å². The zero-order chi connectivity index (χ0) is 12.4. The summed E-state index contributed by atoms with van der Waals surface area (Å²) in [5, 5.41) is 2.00. The molecule has 2 nitrogen and oxygen atoms in total. The third-order valence-corrected chi connectivity index (χ3v) is 2.55. The highest BCUT2D eigenvalue weighted by Gasteiger charge is 2.08. The molecular formula is C15H14O2. The SMILES string of the molecule is C=C(C)C(=O)Oc1cccc2cc(C)ccc12. The molecule has 0 atom stereocenters. The van der Waals surface area contributed by atoms with Gasteiger partial charge in [0.05, 0.1) is 0 Å². The van der Waals surface area contributed by atoms with Crippen LogP contribution in [-0.2, 0) is 4.79 Å². The minimum absolute atomic E-state index is 0.391. The Hall–Kier alpha value is -2.09. The van der Waals surface area contributed by atoms with Gasteiger partial charge in [0.1, 0.15) is 5.75 Å². The smallest absolute Gasteiger partial charge is 0.338 e. The van der Waals surface area contributed by atoms with Crippen LogP contribution in [0.2, 0.25) is 0 Å². The quantitative estimate of drug-likeness (QED) is 0.444. The summed E-state index contributed by atoms with van der Waals surface area (Å²) in [5.74, 6) is 0.188. The van der Waals surface area contributed by atoms with E-state index >= 15 is 0 Å². The van der Waals surface area contributed by atoms with Crippen LogP contribution in [0.5, 0.6) is 5.75 Å². The van der Waals surface area contributed by atoms with Crippen molar-refractivity contribution in [2.45, 2.75) is 13.8 Å². The molecule has 2 aromatic rings. The molecule has 0 saturated heterocycles. The van der Waals surface area contributed by atoms with Crippen molar-refractivity contribution in [3.8, 4) is 5.75 Å². The molecule has 2 aromatic carbocycles. The fraction of sp³-hybridized carbons (Fsp3) is 0.133. The van der Waals surface area contributed by atoms with Crippen molar-refractivity contribution in [3.05, 3.63) is 54.1 Å². The Bertz CT molecular complexity index is 597. The Balaban J connectivity index is 2.48. The highest BCUT2D eigenvalue weighted by molar-refractivity contribution is 5.94. The molecule has 0 bridgehead atoms. The van der Waals surface area contributed by atoms with E-state index in [0.29, 0.717) is 11.3 Å². The second-order valence-corrected chi connectivity index (χ2v) is 4.15. The predicted octanol–water partition coefficient (Wildman–Crippen LogP) is 3.63. The summed E-state index contributed by atoms with van der Waals surface area (Å²) < 4.78 is 5.29. The molecule has 0 amide bonds. The summed E-state index contributed by atoms with van der Waals surface area (Å²) in [7, 11) is 0. The molecule has 2 heteroatoms.